The molecule has 1 saturated carbocycles. The first-order valence-electron chi connectivity index (χ1n) is 9.88. The van der Waals surface area contributed by atoms with Crippen LogP contribution in [0.15, 0.2) is 51.0 Å². The zero-order valence-corrected chi connectivity index (χ0v) is 17.5. The number of thioether (sulfide) groups is 1. The van der Waals surface area contributed by atoms with Gasteiger partial charge in [-0.15, -0.1) is 11.8 Å². The van der Waals surface area contributed by atoms with Gasteiger partial charge >= 0.3 is 5.69 Å². The van der Waals surface area contributed by atoms with Crippen molar-refractivity contribution in [1.29, 1.82) is 0 Å². The third-order valence-corrected chi connectivity index (χ3v) is 6.36. The van der Waals surface area contributed by atoms with Crippen molar-refractivity contribution >= 4 is 28.9 Å². The van der Waals surface area contributed by atoms with Crippen molar-refractivity contribution in [3.05, 3.63) is 68.6 Å². The lowest BCUT2D eigenvalue weighted by Gasteiger charge is -2.14. The summed E-state index contributed by atoms with van der Waals surface area (Å²) in [6.07, 6.45) is 8.58. The van der Waals surface area contributed by atoms with Gasteiger partial charge in [-0.2, -0.15) is 0 Å². The minimum atomic E-state index is -0.363. The molecule has 6 nitrogen and oxygen atoms in total. The number of nitrogens with zero attached hydrogens (tertiary/aromatic N) is 4. The van der Waals surface area contributed by atoms with E-state index in [2.05, 4.69) is 17.1 Å². The number of fused-ring (bicyclic) bond motifs is 1. The zero-order chi connectivity index (χ0) is 20.4. The smallest absolute Gasteiger partial charge is 0.280 e. The zero-order valence-electron chi connectivity index (χ0n) is 16.7. The molecule has 0 spiro atoms. The molecule has 7 heteroatoms. The first kappa shape index (κ1) is 19.6. The number of rotatable bonds is 5. The molecule has 3 aromatic rings. The minimum Gasteiger partial charge on any atom is -0.280 e. The monoisotopic (exact) mass is 408 g/mol. The van der Waals surface area contributed by atoms with Crippen LogP contribution in [0.1, 0.15) is 43.0 Å². The molecule has 1 aliphatic rings. The Hall–Kier alpha value is -2.67. The van der Waals surface area contributed by atoms with Crippen LogP contribution in [0.25, 0.3) is 17.1 Å². The molecule has 0 saturated heterocycles. The fraction of sp³-hybridized carbons (Fsp3) is 0.364. The highest BCUT2D eigenvalue weighted by Gasteiger charge is 2.24. The number of hydrogen-bond donors (Lipinski definition) is 0. The highest BCUT2D eigenvalue weighted by atomic mass is 32.2. The lowest BCUT2D eigenvalue weighted by molar-refractivity contribution is 0.648. The Morgan fingerprint density at radius 2 is 1.79 bits per heavy atom. The van der Waals surface area contributed by atoms with E-state index < -0.39 is 0 Å². The first-order valence-corrected chi connectivity index (χ1v) is 10.9. The van der Waals surface area contributed by atoms with Gasteiger partial charge in [0.15, 0.2) is 5.65 Å². The van der Waals surface area contributed by atoms with E-state index in [0.717, 1.165) is 28.8 Å². The van der Waals surface area contributed by atoms with E-state index >= 15 is 0 Å². The lowest BCUT2D eigenvalue weighted by atomic mass is 10.1. The molecule has 0 radical (unpaired) electrons. The number of aromatic nitrogens is 4. The highest BCUT2D eigenvalue weighted by Crippen LogP contribution is 2.34. The van der Waals surface area contributed by atoms with Gasteiger partial charge in [-0.25, -0.2) is 14.8 Å². The molecule has 0 atom stereocenters. The van der Waals surface area contributed by atoms with Crippen molar-refractivity contribution in [3.63, 3.8) is 0 Å². The number of aryl methyl sites for hydroxylation is 1. The van der Waals surface area contributed by atoms with Gasteiger partial charge < -0.3 is 0 Å². The second-order valence-electron chi connectivity index (χ2n) is 7.40. The van der Waals surface area contributed by atoms with Crippen molar-refractivity contribution in [2.75, 3.05) is 5.75 Å². The molecular formula is C22H24N4O2S. The summed E-state index contributed by atoms with van der Waals surface area (Å²) in [4.78, 5) is 34.7. The Bertz CT molecular complexity index is 1180. The summed E-state index contributed by atoms with van der Waals surface area (Å²) in [5, 5.41) is 1.08. The predicted octanol–water partition coefficient (Wildman–Crippen LogP) is 3.49. The summed E-state index contributed by atoms with van der Waals surface area (Å²) in [5.74, 6) is 1.74. The Balaban J connectivity index is 1.75. The van der Waals surface area contributed by atoms with Gasteiger partial charge in [-0.1, -0.05) is 55.3 Å². The van der Waals surface area contributed by atoms with Crippen molar-refractivity contribution in [3.8, 4) is 0 Å². The van der Waals surface area contributed by atoms with E-state index in [-0.39, 0.29) is 11.2 Å². The van der Waals surface area contributed by atoms with E-state index in [1.54, 1.807) is 7.05 Å². The van der Waals surface area contributed by atoms with Crippen molar-refractivity contribution in [2.24, 2.45) is 14.1 Å². The lowest BCUT2D eigenvalue weighted by Crippen LogP contribution is -2.38. The van der Waals surface area contributed by atoms with Crippen LogP contribution in [0.4, 0.5) is 0 Å². The number of benzene rings is 1. The summed E-state index contributed by atoms with van der Waals surface area (Å²) in [7, 11) is 3.16. The summed E-state index contributed by atoms with van der Waals surface area (Å²) >= 11 is 1.51. The molecule has 0 bridgehead atoms. The summed E-state index contributed by atoms with van der Waals surface area (Å²) in [5.41, 5.74) is 0.865. The fourth-order valence-corrected chi connectivity index (χ4v) is 4.62. The second kappa shape index (κ2) is 8.37. The van der Waals surface area contributed by atoms with E-state index in [1.165, 1.54) is 36.2 Å². The van der Waals surface area contributed by atoms with Crippen LogP contribution in [-0.4, -0.2) is 24.9 Å². The summed E-state index contributed by atoms with van der Waals surface area (Å²) in [6, 6.07) is 10.1. The van der Waals surface area contributed by atoms with Gasteiger partial charge in [-0.05, 0) is 18.4 Å². The topological polar surface area (TPSA) is 69.8 Å². The molecule has 0 amide bonds. The standard InChI is InChI=1S/C22H24N4O2S/c1-25-19-17(21(27)26(2)22(25)28)20(24-18(23-19)16-12-6-7-13-16)29-14-8-11-15-9-4-3-5-10-15/h3-5,8-11,16H,6-7,12-14H2,1-2H3/b11-8+. The molecule has 1 aliphatic carbocycles. The average molecular weight is 409 g/mol. The maximum absolute atomic E-state index is 12.8. The van der Waals surface area contributed by atoms with Crippen LogP contribution in [-0.2, 0) is 14.1 Å². The quantitative estimate of drug-likeness (QED) is 0.477. The molecule has 1 aromatic carbocycles. The summed E-state index contributed by atoms with van der Waals surface area (Å²) in [6.45, 7) is 0. The van der Waals surface area contributed by atoms with E-state index in [1.807, 2.05) is 30.3 Å². The average Bonchev–Trinajstić information content (AvgIpc) is 3.29. The largest absolute Gasteiger partial charge is 0.332 e. The van der Waals surface area contributed by atoms with Crippen molar-refractivity contribution in [1.82, 2.24) is 19.1 Å². The van der Waals surface area contributed by atoms with Gasteiger partial charge in [0.25, 0.3) is 5.56 Å². The molecule has 4 rings (SSSR count). The van der Waals surface area contributed by atoms with E-state index in [9.17, 15) is 9.59 Å². The predicted molar refractivity (Wildman–Crippen MR) is 117 cm³/mol. The molecule has 0 aliphatic heterocycles. The molecule has 29 heavy (non-hydrogen) atoms. The fourth-order valence-electron chi connectivity index (χ4n) is 3.79. The Morgan fingerprint density at radius 1 is 1.07 bits per heavy atom. The minimum absolute atomic E-state index is 0.303. The summed E-state index contributed by atoms with van der Waals surface area (Å²) < 4.78 is 2.59. The number of hydrogen-bond acceptors (Lipinski definition) is 5. The van der Waals surface area contributed by atoms with Crippen LogP contribution in [0.5, 0.6) is 0 Å². The third kappa shape index (κ3) is 3.92. The molecule has 2 aromatic heterocycles. The van der Waals surface area contributed by atoms with Gasteiger partial charge in [0, 0.05) is 25.8 Å². The maximum Gasteiger partial charge on any atom is 0.332 e. The van der Waals surface area contributed by atoms with Crippen molar-refractivity contribution < 1.29 is 0 Å². The third-order valence-electron chi connectivity index (χ3n) is 5.43. The van der Waals surface area contributed by atoms with Crippen LogP contribution < -0.4 is 11.2 Å². The Labute approximate surface area is 173 Å². The van der Waals surface area contributed by atoms with Gasteiger partial charge in [0.1, 0.15) is 16.2 Å². The van der Waals surface area contributed by atoms with E-state index in [4.69, 9.17) is 4.98 Å². The SMILES string of the molecule is Cn1c(=O)c2c(SC/C=C/c3ccccc3)nc(C3CCCC3)nc2n(C)c1=O. The molecular weight excluding hydrogens is 384 g/mol. The van der Waals surface area contributed by atoms with Gasteiger partial charge in [-0.3, -0.25) is 13.9 Å². The normalized spacial score (nSPS) is 15.0. The first-order chi connectivity index (χ1) is 14.1. The van der Waals surface area contributed by atoms with Crippen LogP contribution in [0.2, 0.25) is 0 Å². The van der Waals surface area contributed by atoms with E-state index in [0.29, 0.717) is 27.7 Å². The molecule has 2 heterocycles. The van der Waals surface area contributed by atoms with Gasteiger partial charge in [0.05, 0.1) is 0 Å². The highest BCUT2D eigenvalue weighted by molar-refractivity contribution is 7.99. The molecule has 0 unspecified atom stereocenters. The Morgan fingerprint density at radius 3 is 2.52 bits per heavy atom. The molecule has 150 valence electrons. The van der Waals surface area contributed by atoms with Crippen LogP contribution in [0.3, 0.4) is 0 Å². The maximum atomic E-state index is 12.8. The second-order valence-corrected chi connectivity index (χ2v) is 8.41. The van der Waals surface area contributed by atoms with Gasteiger partial charge in [0.2, 0.25) is 0 Å². The van der Waals surface area contributed by atoms with Crippen LogP contribution in [0, 0.1) is 0 Å². The van der Waals surface area contributed by atoms with Crippen molar-refractivity contribution in [2.45, 2.75) is 36.6 Å². The molecule has 0 N–H and O–H groups in total. The Kier molecular flexibility index (Phi) is 5.67. The molecule has 1 fully saturated rings. The van der Waals surface area contributed by atoms with Crippen LogP contribution >= 0.6 is 11.8 Å².